The number of halogens is 1. The van der Waals surface area contributed by atoms with E-state index in [-0.39, 0.29) is 14.8 Å². The molecule has 0 fully saturated rings. The summed E-state index contributed by atoms with van der Waals surface area (Å²) in [6, 6.07) is 0. The Hall–Kier alpha value is -0.630. The second-order valence-corrected chi connectivity index (χ2v) is 5.55. The minimum absolute atomic E-state index is 0.00903. The first-order valence-electron chi connectivity index (χ1n) is 3.73. The third-order valence-electron chi connectivity index (χ3n) is 1.61. The van der Waals surface area contributed by atoms with Crippen molar-refractivity contribution in [3.63, 3.8) is 0 Å². The number of hydrogen-bond donors (Lipinski definition) is 1. The Morgan fingerprint density at radius 2 is 2.20 bits per heavy atom. The largest absolute Gasteiger partial charge is 0.465 e. The van der Waals surface area contributed by atoms with E-state index in [2.05, 4.69) is 9.46 Å². The minimum Gasteiger partial charge on any atom is -0.465 e. The molecule has 0 atom stereocenters. The van der Waals surface area contributed by atoms with E-state index in [4.69, 9.17) is 11.6 Å². The maximum Gasteiger partial charge on any atom is 0.349 e. The Bertz CT molecular complexity index is 479. The molecule has 15 heavy (non-hydrogen) atoms. The zero-order chi connectivity index (χ0) is 11.6. The minimum atomic E-state index is -3.74. The lowest BCUT2D eigenvalue weighted by Crippen LogP contribution is -2.20. The lowest BCUT2D eigenvalue weighted by atomic mass is 10.5. The summed E-state index contributed by atoms with van der Waals surface area (Å²) in [5.74, 6) is -0.722. The van der Waals surface area contributed by atoms with Gasteiger partial charge in [-0.15, -0.1) is 11.3 Å². The average Bonchev–Trinajstić information content (AvgIpc) is 2.59. The molecular formula is C7H8ClNO4S2. The van der Waals surface area contributed by atoms with Gasteiger partial charge in [-0.1, -0.05) is 11.6 Å². The van der Waals surface area contributed by atoms with Gasteiger partial charge >= 0.3 is 5.97 Å². The van der Waals surface area contributed by atoms with Gasteiger partial charge in [-0.05, 0) is 7.05 Å². The van der Waals surface area contributed by atoms with E-state index in [1.54, 1.807) is 0 Å². The second kappa shape index (κ2) is 4.48. The lowest BCUT2D eigenvalue weighted by Gasteiger charge is -2.03. The molecule has 1 rings (SSSR count). The van der Waals surface area contributed by atoms with Crippen LogP contribution in [0.1, 0.15) is 9.67 Å². The molecule has 0 amide bonds. The Balaban J connectivity index is 3.41. The third kappa shape index (κ3) is 2.31. The van der Waals surface area contributed by atoms with Gasteiger partial charge in [0, 0.05) is 5.38 Å². The van der Waals surface area contributed by atoms with E-state index in [0.29, 0.717) is 0 Å². The Kier molecular flexibility index (Phi) is 3.72. The fourth-order valence-electron chi connectivity index (χ4n) is 0.912. The van der Waals surface area contributed by atoms with Gasteiger partial charge in [0.05, 0.1) is 12.1 Å². The molecule has 1 aromatic heterocycles. The predicted molar refractivity (Wildman–Crippen MR) is 56.9 cm³/mol. The normalized spacial score (nSPS) is 11.4. The highest BCUT2D eigenvalue weighted by molar-refractivity contribution is 7.89. The number of ether oxygens (including phenoxy) is 1. The van der Waals surface area contributed by atoms with E-state index in [9.17, 15) is 13.2 Å². The molecule has 5 nitrogen and oxygen atoms in total. The average molecular weight is 270 g/mol. The smallest absolute Gasteiger partial charge is 0.349 e. The summed E-state index contributed by atoms with van der Waals surface area (Å²) < 4.78 is 29.6. The molecule has 0 aliphatic heterocycles. The zero-order valence-corrected chi connectivity index (χ0v) is 10.3. The van der Waals surface area contributed by atoms with Crippen molar-refractivity contribution < 1.29 is 17.9 Å². The molecule has 0 unspecified atom stereocenters. The van der Waals surface area contributed by atoms with E-state index < -0.39 is 16.0 Å². The van der Waals surface area contributed by atoms with Crippen LogP contribution in [-0.2, 0) is 14.8 Å². The van der Waals surface area contributed by atoms with Crippen LogP contribution < -0.4 is 4.72 Å². The van der Waals surface area contributed by atoms with Gasteiger partial charge in [-0.2, -0.15) is 0 Å². The van der Waals surface area contributed by atoms with Crippen molar-refractivity contribution in [2.75, 3.05) is 14.2 Å². The van der Waals surface area contributed by atoms with Crippen LogP contribution in [0.15, 0.2) is 10.3 Å². The van der Waals surface area contributed by atoms with Crippen LogP contribution in [0.2, 0.25) is 5.02 Å². The predicted octanol–water partition coefficient (Wildman–Crippen LogP) is 1.10. The quantitative estimate of drug-likeness (QED) is 0.834. The van der Waals surface area contributed by atoms with Gasteiger partial charge < -0.3 is 4.74 Å². The van der Waals surface area contributed by atoms with Crippen LogP contribution in [0.3, 0.4) is 0 Å². The molecule has 0 aliphatic rings. The van der Waals surface area contributed by atoms with Crippen LogP contribution >= 0.6 is 22.9 Å². The Morgan fingerprint density at radius 1 is 1.60 bits per heavy atom. The van der Waals surface area contributed by atoms with E-state index in [0.717, 1.165) is 11.3 Å². The molecule has 0 aliphatic carbocycles. The van der Waals surface area contributed by atoms with Gasteiger partial charge in [-0.25, -0.2) is 17.9 Å². The van der Waals surface area contributed by atoms with Crippen molar-refractivity contribution in [3.05, 3.63) is 15.3 Å². The monoisotopic (exact) mass is 269 g/mol. The highest BCUT2D eigenvalue weighted by Crippen LogP contribution is 2.31. The number of thiophene rings is 1. The van der Waals surface area contributed by atoms with Crippen LogP contribution in [0.25, 0.3) is 0 Å². The Labute approximate surface area is 96.1 Å². The zero-order valence-electron chi connectivity index (χ0n) is 7.90. The van der Waals surface area contributed by atoms with Gasteiger partial charge in [-0.3, -0.25) is 0 Å². The molecule has 1 N–H and O–H groups in total. The fraction of sp³-hybridized carbons (Fsp3) is 0.286. The molecule has 0 radical (unpaired) electrons. The molecular weight excluding hydrogens is 262 g/mol. The van der Waals surface area contributed by atoms with Crippen LogP contribution in [-0.4, -0.2) is 28.5 Å². The third-order valence-corrected chi connectivity index (χ3v) is 4.74. The van der Waals surface area contributed by atoms with Crippen molar-refractivity contribution >= 4 is 38.9 Å². The standard InChI is InChI=1S/C7H8ClNO4S2/c1-9-15(11,12)6-4(8)3-14-5(6)7(10)13-2/h3,9H,1-2H3. The molecule has 1 aromatic rings. The lowest BCUT2D eigenvalue weighted by molar-refractivity contribution is 0.0602. The number of hydrogen-bond acceptors (Lipinski definition) is 5. The van der Waals surface area contributed by atoms with E-state index >= 15 is 0 Å². The maximum absolute atomic E-state index is 11.5. The number of sulfonamides is 1. The summed E-state index contributed by atoms with van der Waals surface area (Å²) in [5, 5.41) is 1.38. The summed E-state index contributed by atoms with van der Waals surface area (Å²) in [6.45, 7) is 0. The molecule has 84 valence electrons. The number of esters is 1. The van der Waals surface area contributed by atoms with Crippen molar-refractivity contribution in [1.29, 1.82) is 0 Å². The molecule has 0 saturated heterocycles. The van der Waals surface area contributed by atoms with Crippen LogP contribution in [0.5, 0.6) is 0 Å². The summed E-state index contributed by atoms with van der Waals surface area (Å²) in [7, 11) is -1.33. The van der Waals surface area contributed by atoms with Crippen molar-refractivity contribution in [3.8, 4) is 0 Å². The van der Waals surface area contributed by atoms with Gasteiger partial charge in [0.15, 0.2) is 0 Å². The first-order valence-corrected chi connectivity index (χ1v) is 6.47. The van der Waals surface area contributed by atoms with Crippen molar-refractivity contribution in [2.24, 2.45) is 0 Å². The van der Waals surface area contributed by atoms with Crippen LogP contribution in [0.4, 0.5) is 0 Å². The van der Waals surface area contributed by atoms with E-state index in [1.165, 1.54) is 19.5 Å². The van der Waals surface area contributed by atoms with E-state index in [1.807, 2.05) is 0 Å². The number of nitrogens with one attached hydrogen (secondary N) is 1. The van der Waals surface area contributed by atoms with Gasteiger partial charge in [0.1, 0.15) is 9.77 Å². The van der Waals surface area contributed by atoms with Crippen molar-refractivity contribution in [1.82, 2.24) is 4.72 Å². The molecule has 0 spiro atoms. The number of rotatable bonds is 3. The van der Waals surface area contributed by atoms with Gasteiger partial charge in [0.2, 0.25) is 10.0 Å². The molecule has 0 aromatic carbocycles. The molecule has 0 saturated carbocycles. The number of carbonyl (C=O) groups is 1. The molecule has 0 bridgehead atoms. The fourth-order valence-corrected chi connectivity index (χ4v) is 3.63. The topological polar surface area (TPSA) is 72.5 Å². The highest BCUT2D eigenvalue weighted by atomic mass is 35.5. The second-order valence-electron chi connectivity index (χ2n) is 2.44. The Morgan fingerprint density at radius 3 is 2.67 bits per heavy atom. The number of carbonyl (C=O) groups excluding carboxylic acids is 1. The first kappa shape index (κ1) is 12.4. The summed E-state index contributed by atoms with van der Waals surface area (Å²) >= 11 is 6.62. The summed E-state index contributed by atoms with van der Waals surface area (Å²) in [6.07, 6.45) is 0. The maximum atomic E-state index is 11.5. The highest BCUT2D eigenvalue weighted by Gasteiger charge is 2.27. The van der Waals surface area contributed by atoms with Crippen molar-refractivity contribution in [2.45, 2.75) is 4.90 Å². The summed E-state index contributed by atoms with van der Waals surface area (Å²) in [4.78, 5) is 11.0. The van der Waals surface area contributed by atoms with Crippen LogP contribution in [0, 0.1) is 0 Å². The number of methoxy groups -OCH3 is 1. The van der Waals surface area contributed by atoms with Gasteiger partial charge in [0.25, 0.3) is 0 Å². The summed E-state index contributed by atoms with van der Waals surface area (Å²) in [5.41, 5.74) is 0. The molecule has 1 heterocycles. The first-order chi connectivity index (χ1) is 6.94. The SMILES string of the molecule is CNS(=O)(=O)c1c(Cl)csc1C(=O)OC. The molecule has 8 heteroatoms.